The summed E-state index contributed by atoms with van der Waals surface area (Å²) in [6.07, 6.45) is 4.25. The minimum Gasteiger partial charge on any atom is -0.497 e. The van der Waals surface area contributed by atoms with Crippen LogP contribution in [0.3, 0.4) is 0 Å². The van der Waals surface area contributed by atoms with Crippen molar-refractivity contribution in [1.29, 1.82) is 0 Å². The number of hydrogen-bond acceptors (Lipinski definition) is 8. The first-order chi connectivity index (χ1) is 21.2. The van der Waals surface area contributed by atoms with E-state index >= 15 is 0 Å². The highest BCUT2D eigenvalue weighted by atomic mass is 16.5. The molecule has 4 aromatic rings. The average Bonchev–Trinajstić information content (AvgIpc) is 3.47. The van der Waals surface area contributed by atoms with Crippen molar-refractivity contribution in [2.45, 2.75) is 39.3 Å². The van der Waals surface area contributed by atoms with Gasteiger partial charge in [-0.3, -0.25) is 9.59 Å². The standard InChI is InChI=1S/C34H36N6O4/c1-34(2)16-27-32(29(41)17-34)33(25-15-24(43-3)13-14-30(25)44-4)40(28-8-6-5-7-26(28)38-27)19-31(42)37-23-11-9-22(10-12-23)18-39-21-35-20-36-39/h5-15,20-21,33,38H,16-19H2,1-4H3,(H,37,42). The second-order valence-electron chi connectivity index (χ2n) is 12.0. The van der Waals surface area contributed by atoms with E-state index in [4.69, 9.17) is 9.47 Å². The third-order valence-electron chi connectivity index (χ3n) is 8.10. The molecule has 2 aliphatic rings. The third-order valence-corrected chi connectivity index (χ3v) is 8.10. The van der Waals surface area contributed by atoms with Crippen LogP contribution in [0.5, 0.6) is 11.5 Å². The molecule has 1 atom stereocenters. The van der Waals surface area contributed by atoms with E-state index in [-0.39, 0.29) is 23.7 Å². The Morgan fingerprint density at radius 2 is 1.84 bits per heavy atom. The van der Waals surface area contributed by atoms with Gasteiger partial charge in [-0.15, -0.1) is 0 Å². The predicted molar refractivity (Wildman–Crippen MR) is 169 cm³/mol. The Kier molecular flexibility index (Phi) is 7.82. The Hall–Kier alpha value is -5.12. The zero-order chi connectivity index (χ0) is 30.8. The van der Waals surface area contributed by atoms with Gasteiger partial charge in [0.15, 0.2) is 5.78 Å². The van der Waals surface area contributed by atoms with Crippen LogP contribution < -0.4 is 25.0 Å². The maximum absolute atomic E-state index is 14.0. The molecule has 1 amide bonds. The highest BCUT2D eigenvalue weighted by molar-refractivity contribution is 6.02. The number of fused-ring (bicyclic) bond motifs is 1. The molecule has 0 saturated heterocycles. The third kappa shape index (κ3) is 5.88. The Balaban J connectivity index is 1.40. The number of Topliss-reactive ketones (excluding diaryl/α,β-unsaturated/α-hetero) is 1. The lowest BCUT2D eigenvalue weighted by atomic mass is 9.73. The normalized spacial score (nSPS) is 17.2. The summed E-state index contributed by atoms with van der Waals surface area (Å²) < 4.78 is 13.2. The Labute approximate surface area is 256 Å². The van der Waals surface area contributed by atoms with Crippen molar-refractivity contribution in [2.75, 3.05) is 36.3 Å². The number of nitrogens with zero attached hydrogens (tertiary/aromatic N) is 4. The highest BCUT2D eigenvalue weighted by Gasteiger charge is 2.43. The van der Waals surface area contributed by atoms with Gasteiger partial charge >= 0.3 is 0 Å². The van der Waals surface area contributed by atoms with Crippen LogP contribution in [-0.2, 0) is 16.1 Å². The molecule has 1 aliphatic carbocycles. The molecular weight excluding hydrogens is 556 g/mol. The second kappa shape index (κ2) is 11.9. The van der Waals surface area contributed by atoms with E-state index in [9.17, 15) is 9.59 Å². The Morgan fingerprint density at radius 1 is 1.05 bits per heavy atom. The maximum atomic E-state index is 14.0. The lowest BCUT2D eigenvalue weighted by Crippen LogP contribution is -2.40. The van der Waals surface area contributed by atoms with Gasteiger partial charge in [-0.2, -0.15) is 5.10 Å². The van der Waals surface area contributed by atoms with Crippen LogP contribution in [0.25, 0.3) is 0 Å². The summed E-state index contributed by atoms with van der Waals surface area (Å²) in [5.41, 5.74) is 5.37. The van der Waals surface area contributed by atoms with Crippen LogP contribution in [0.1, 0.15) is 43.9 Å². The van der Waals surface area contributed by atoms with Gasteiger partial charge in [0.1, 0.15) is 24.2 Å². The molecule has 0 radical (unpaired) electrons. The quantitative estimate of drug-likeness (QED) is 0.272. The summed E-state index contributed by atoms with van der Waals surface area (Å²) in [6, 6.07) is 20.5. The van der Waals surface area contributed by atoms with Crippen molar-refractivity contribution in [1.82, 2.24) is 14.8 Å². The van der Waals surface area contributed by atoms with Crippen LogP contribution in [0, 0.1) is 5.41 Å². The van der Waals surface area contributed by atoms with Gasteiger partial charge < -0.3 is 25.0 Å². The van der Waals surface area contributed by atoms with Gasteiger partial charge in [0.2, 0.25) is 5.91 Å². The molecule has 10 nitrogen and oxygen atoms in total. The number of amides is 1. The molecule has 226 valence electrons. The van der Waals surface area contributed by atoms with E-state index in [1.54, 1.807) is 25.2 Å². The van der Waals surface area contributed by atoms with Gasteiger partial charge in [0, 0.05) is 28.9 Å². The number of methoxy groups -OCH3 is 2. The summed E-state index contributed by atoms with van der Waals surface area (Å²) >= 11 is 0. The number of para-hydroxylation sites is 2. The van der Waals surface area contributed by atoms with E-state index in [0.29, 0.717) is 42.1 Å². The van der Waals surface area contributed by atoms with Crippen LogP contribution in [-0.4, -0.2) is 47.2 Å². The smallest absolute Gasteiger partial charge is 0.243 e. The van der Waals surface area contributed by atoms with Gasteiger partial charge in [0.25, 0.3) is 0 Å². The number of aromatic nitrogens is 3. The molecule has 3 aromatic carbocycles. The predicted octanol–water partition coefficient (Wildman–Crippen LogP) is 5.60. The van der Waals surface area contributed by atoms with Crippen LogP contribution >= 0.6 is 0 Å². The van der Waals surface area contributed by atoms with E-state index in [1.807, 2.05) is 71.6 Å². The second-order valence-corrected chi connectivity index (χ2v) is 12.0. The van der Waals surface area contributed by atoms with Crippen molar-refractivity contribution < 1.29 is 19.1 Å². The molecule has 44 heavy (non-hydrogen) atoms. The first kappa shape index (κ1) is 29.0. The summed E-state index contributed by atoms with van der Waals surface area (Å²) in [7, 11) is 3.22. The number of anilines is 3. The fraction of sp³-hybridized carbons (Fsp3) is 0.294. The van der Waals surface area contributed by atoms with Crippen molar-refractivity contribution in [3.05, 3.63) is 102 Å². The first-order valence-electron chi connectivity index (χ1n) is 14.6. The highest BCUT2D eigenvalue weighted by Crippen LogP contribution is 2.50. The number of carbonyl (C=O) groups is 2. The summed E-state index contributed by atoms with van der Waals surface area (Å²) in [4.78, 5) is 33.8. The van der Waals surface area contributed by atoms with E-state index in [2.05, 4.69) is 34.6 Å². The number of allylic oxidation sites excluding steroid dienone is 1. The maximum Gasteiger partial charge on any atom is 0.243 e. The monoisotopic (exact) mass is 592 g/mol. The molecule has 2 heterocycles. The van der Waals surface area contributed by atoms with Crippen LogP contribution in [0.4, 0.5) is 17.1 Å². The molecular formula is C34H36N6O4. The topological polar surface area (TPSA) is 111 Å². The molecule has 6 rings (SSSR count). The number of carbonyl (C=O) groups excluding carboxylic acids is 2. The Morgan fingerprint density at radius 3 is 2.57 bits per heavy atom. The van der Waals surface area contributed by atoms with Crippen molar-refractivity contribution in [3.8, 4) is 11.5 Å². The fourth-order valence-electron chi connectivity index (χ4n) is 6.15. The number of nitrogens with one attached hydrogen (secondary N) is 2. The number of ether oxygens (including phenoxy) is 2. The molecule has 0 saturated carbocycles. The Bertz CT molecular complexity index is 1710. The number of rotatable bonds is 8. The molecule has 1 aliphatic heterocycles. The summed E-state index contributed by atoms with van der Waals surface area (Å²) in [5.74, 6) is 1.06. The molecule has 1 unspecified atom stereocenters. The van der Waals surface area contributed by atoms with Gasteiger partial charge in [-0.1, -0.05) is 38.1 Å². The SMILES string of the molecule is COc1ccc(OC)c(C2C3=C(CC(C)(C)CC3=O)Nc3ccccc3N2CC(=O)Nc2ccc(Cn3cncn3)cc2)c1. The minimum absolute atomic E-state index is 0.0160. The molecule has 2 N–H and O–H groups in total. The van der Waals surface area contributed by atoms with Gasteiger partial charge in [0.05, 0.1) is 44.7 Å². The molecule has 0 spiro atoms. The molecule has 10 heteroatoms. The average molecular weight is 593 g/mol. The molecule has 0 fully saturated rings. The van der Waals surface area contributed by atoms with Gasteiger partial charge in [-0.05, 0) is 59.9 Å². The minimum atomic E-state index is -0.606. The summed E-state index contributed by atoms with van der Waals surface area (Å²) in [5, 5.41) is 10.8. The van der Waals surface area contributed by atoms with Crippen molar-refractivity contribution in [3.63, 3.8) is 0 Å². The van der Waals surface area contributed by atoms with Crippen LogP contribution in [0.15, 0.2) is 90.7 Å². The largest absolute Gasteiger partial charge is 0.497 e. The first-order valence-corrected chi connectivity index (χ1v) is 14.6. The molecule has 1 aromatic heterocycles. The van der Waals surface area contributed by atoms with Crippen LogP contribution in [0.2, 0.25) is 0 Å². The lowest BCUT2D eigenvalue weighted by Gasteiger charge is -2.38. The zero-order valence-corrected chi connectivity index (χ0v) is 25.3. The fourth-order valence-corrected chi connectivity index (χ4v) is 6.15. The van der Waals surface area contributed by atoms with Gasteiger partial charge in [-0.25, -0.2) is 9.67 Å². The number of ketones is 1. The zero-order valence-electron chi connectivity index (χ0n) is 25.3. The van der Waals surface area contributed by atoms with Crippen molar-refractivity contribution in [2.24, 2.45) is 5.41 Å². The number of hydrogen-bond donors (Lipinski definition) is 2. The van der Waals surface area contributed by atoms with E-state index in [0.717, 1.165) is 28.2 Å². The summed E-state index contributed by atoms with van der Waals surface area (Å²) in [6.45, 7) is 4.78. The van der Waals surface area contributed by atoms with E-state index < -0.39 is 6.04 Å². The molecule has 0 bridgehead atoms. The number of benzene rings is 3. The van der Waals surface area contributed by atoms with Crippen molar-refractivity contribution >= 4 is 28.8 Å². The van der Waals surface area contributed by atoms with E-state index in [1.165, 1.54) is 6.33 Å². The lowest BCUT2D eigenvalue weighted by molar-refractivity contribution is -0.119.